The Morgan fingerprint density at radius 2 is 2.05 bits per heavy atom. The van der Waals surface area contributed by atoms with E-state index < -0.39 is 12.0 Å². The number of methoxy groups -OCH3 is 1. The largest absolute Gasteiger partial charge is 0.496 e. The molecule has 2 aromatic rings. The van der Waals surface area contributed by atoms with Crippen LogP contribution in [0, 0.1) is 6.92 Å². The average Bonchev–Trinajstić information content (AvgIpc) is 2.77. The summed E-state index contributed by atoms with van der Waals surface area (Å²) in [6.07, 6.45) is -4.62. The average molecular weight is 318 g/mol. The number of ether oxygens (including phenoxy) is 1. The normalized spacial score (nSPS) is 11.7. The Kier molecular flexibility index (Phi) is 4.31. The van der Waals surface area contributed by atoms with Gasteiger partial charge in [-0.1, -0.05) is 29.5 Å². The van der Waals surface area contributed by atoms with Crippen molar-refractivity contribution in [2.45, 2.75) is 24.0 Å². The van der Waals surface area contributed by atoms with Crippen LogP contribution in [-0.4, -0.2) is 22.0 Å². The molecule has 0 atom stereocenters. The molecule has 0 aliphatic carbocycles. The third-order valence-corrected chi connectivity index (χ3v) is 3.70. The van der Waals surface area contributed by atoms with E-state index in [1.807, 2.05) is 19.1 Å². The van der Waals surface area contributed by atoms with Crippen LogP contribution in [0.15, 0.2) is 23.4 Å². The summed E-state index contributed by atoms with van der Waals surface area (Å²) < 4.78 is 43.4. The van der Waals surface area contributed by atoms with E-state index in [-0.39, 0.29) is 5.16 Å². The standard InChI is InChI=1S/C12H13F3N4OS/c1-7-3-4-9(20-2)8(5-7)6-21-11-18-17-10(19(11)16)12(13,14)15/h3-5H,6,16H2,1-2H3. The van der Waals surface area contributed by atoms with Crippen molar-refractivity contribution in [3.8, 4) is 5.75 Å². The maximum absolute atomic E-state index is 12.6. The molecule has 2 N–H and O–H groups in total. The molecule has 1 aromatic heterocycles. The lowest BCUT2D eigenvalue weighted by Crippen LogP contribution is -2.21. The van der Waals surface area contributed by atoms with E-state index in [9.17, 15) is 13.2 Å². The smallest absolute Gasteiger partial charge is 0.453 e. The van der Waals surface area contributed by atoms with Crippen LogP contribution in [0.2, 0.25) is 0 Å². The Balaban J connectivity index is 2.18. The van der Waals surface area contributed by atoms with Crippen molar-refractivity contribution in [2.24, 2.45) is 0 Å². The fourth-order valence-corrected chi connectivity index (χ4v) is 2.57. The van der Waals surface area contributed by atoms with Gasteiger partial charge in [0, 0.05) is 11.3 Å². The summed E-state index contributed by atoms with van der Waals surface area (Å²) in [6, 6.07) is 5.59. The number of hydrogen-bond donors (Lipinski definition) is 1. The summed E-state index contributed by atoms with van der Waals surface area (Å²) in [5, 5.41) is 6.53. The predicted octanol–water partition coefficient (Wildman–Crippen LogP) is 2.62. The second kappa shape index (κ2) is 5.84. The quantitative estimate of drug-likeness (QED) is 0.693. The first-order valence-electron chi connectivity index (χ1n) is 5.87. The van der Waals surface area contributed by atoms with Gasteiger partial charge in [0.05, 0.1) is 7.11 Å². The molecule has 0 saturated carbocycles. The second-order valence-electron chi connectivity index (χ2n) is 4.28. The molecule has 0 aliphatic rings. The van der Waals surface area contributed by atoms with Crippen molar-refractivity contribution in [3.63, 3.8) is 0 Å². The maximum atomic E-state index is 12.6. The van der Waals surface area contributed by atoms with Gasteiger partial charge in [0.25, 0.3) is 5.82 Å². The number of hydrogen-bond acceptors (Lipinski definition) is 5. The zero-order valence-corrected chi connectivity index (χ0v) is 12.1. The summed E-state index contributed by atoms with van der Waals surface area (Å²) in [4.78, 5) is 0. The van der Waals surface area contributed by atoms with Gasteiger partial charge in [-0.05, 0) is 13.0 Å². The molecule has 1 heterocycles. The number of alkyl halides is 3. The zero-order chi connectivity index (χ0) is 15.6. The van der Waals surface area contributed by atoms with Crippen LogP contribution in [0.3, 0.4) is 0 Å². The van der Waals surface area contributed by atoms with Gasteiger partial charge < -0.3 is 10.6 Å². The highest BCUT2D eigenvalue weighted by molar-refractivity contribution is 7.98. The first-order valence-corrected chi connectivity index (χ1v) is 6.85. The minimum Gasteiger partial charge on any atom is -0.496 e. The van der Waals surface area contributed by atoms with Crippen molar-refractivity contribution in [1.82, 2.24) is 14.9 Å². The fraction of sp³-hybridized carbons (Fsp3) is 0.333. The van der Waals surface area contributed by atoms with E-state index >= 15 is 0 Å². The Morgan fingerprint density at radius 3 is 2.62 bits per heavy atom. The van der Waals surface area contributed by atoms with Crippen LogP contribution in [0.4, 0.5) is 13.2 Å². The fourth-order valence-electron chi connectivity index (χ4n) is 1.73. The van der Waals surface area contributed by atoms with E-state index in [4.69, 9.17) is 10.6 Å². The van der Waals surface area contributed by atoms with E-state index in [2.05, 4.69) is 10.2 Å². The first kappa shape index (κ1) is 15.5. The van der Waals surface area contributed by atoms with Gasteiger partial charge in [-0.25, -0.2) is 4.68 Å². The second-order valence-corrected chi connectivity index (χ2v) is 5.22. The van der Waals surface area contributed by atoms with Crippen molar-refractivity contribution >= 4 is 11.8 Å². The van der Waals surface area contributed by atoms with Gasteiger partial charge in [0.1, 0.15) is 5.75 Å². The van der Waals surface area contributed by atoms with Crippen LogP contribution in [0.5, 0.6) is 5.75 Å². The molecule has 2 rings (SSSR count). The van der Waals surface area contributed by atoms with Crippen molar-refractivity contribution in [2.75, 3.05) is 13.0 Å². The zero-order valence-electron chi connectivity index (χ0n) is 11.3. The summed E-state index contributed by atoms with van der Waals surface area (Å²) in [7, 11) is 1.53. The highest BCUT2D eigenvalue weighted by Gasteiger charge is 2.38. The summed E-state index contributed by atoms with van der Waals surface area (Å²) >= 11 is 1.06. The Hall–Kier alpha value is -1.90. The number of halogens is 3. The minimum atomic E-state index is -4.62. The molecule has 0 bridgehead atoms. The Bertz CT molecular complexity index is 642. The summed E-state index contributed by atoms with van der Waals surface area (Å²) in [5.74, 6) is 5.19. The van der Waals surface area contributed by atoms with Gasteiger partial charge >= 0.3 is 6.18 Å². The molecule has 0 saturated heterocycles. The van der Waals surface area contributed by atoms with Gasteiger partial charge in [-0.15, -0.1) is 10.2 Å². The minimum absolute atomic E-state index is 0.00844. The lowest BCUT2D eigenvalue weighted by atomic mass is 10.1. The molecule has 0 aliphatic heterocycles. The van der Waals surface area contributed by atoms with Crippen molar-refractivity contribution in [1.29, 1.82) is 0 Å². The molecule has 9 heteroatoms. The van der Waals surface area contributed by atoms with Crippen LogP contribution < -0.4 is 10.6 Å². The van der Waals surface area contributed by atoms with Crippen LogP contribution in [0.25, 0.3) is 0 Å². The van der Waals surface area contributed by atoms with E-state index in [0.717, 1.165) is 22.9 Å². The molecule has 0 fully saturated rings. The molecule has 114 valence electrons. The molecule has 0 radical (unpaired) electrons. The third kappa shape index (κ3) is 3.41. The number of nitrogens with zero attached hydrogens (tertiary/aromatic N) is 3. The van der Waals surface area contributed by atoms with Crippen LogP contribution in [0.1, 0.15) is 17.0 Å². The van der Waals surface area contributed by atoms with Gasteiger partial charge in [0.15, 0.2) is 0 Å². The number of nitrogens with two attached hydrogens (primary N) is 1. The lowest BCUT2D eigenvalue weighted by molar-refractivity contribution is -0.146. The van der Waals surface area contributed by atoms with Crippen molar-refractivity contribution in [3.05, 3.63) is 35.2 Å². The van der Waals surface area contributed by atoms with Gasteiger partial charge in [0.2, 0.25) is 5.16 Å². The molecule has 1 aromatic carbocycles. The molecule has 0 amide bonds. The molecular formula is C12H13F3N4OS. The van der Waals surface area contributed by atoms with E-state index in [1.54, 1.807) is 6.07 Å². The molecular weight excluding hydrogens is 305 g/mol. The maximum Gasteiger partial charge on any atom is 0.453 e. The summed E-state index contributed by atoms with van der Waals surface area (Å²) in [5.41, 5.74) is 1.87. The number of aromatic nitrogens is 3. The van der Waals surface area contributed by atoms with Crippen LogP contribution in [-0.2, 0) is 11.9 Å². The highest BCUT2D eigenvalue weighted by Crippen LogP contribution is 2.31. The number of thioether (sulfide) groups is 1. The molecule has 5 nitrogen and oxygen atoms in total. The van der Waals surface area contributed by atoms with Crippen LogP contribution >= 0.6 is 11.8 Å². The SMILES string of the molecule is COc1ccc(C)cc1CSc1nnc(C(F)(F)F)n1N. The number of rotatable bonds is 4. The molecule has 21 heavy (non-hydrogen) atoms. The van der Waals surface area contributed by atoms with Crippen molar-refractivity contribution < 1.29 is 17.9 Å². The Morgan fingerprint density at radius 1 is 1.33 bits per heavy atom. The number of benzene rings is 1. The van der Waals surface area contributed by atoms with E-state index in [1.165, 1.54) is 7.11 Å². The number of nitrogen functional groups attached to an aromatic ring is 1. The molecule has 0 spiro atoms. The molecule has 0 unspecified atom stereocenters. The predicted molar refractivity (Wildman–Crippen MR) is 72.5 cm³/mol. The lowest BCUT2D eigenvalue weighted by Gasteiger charge is -2.09. The van der Waals surface area contributed by atoms with E-state index in [0.29, 0.717) is 16.2 Å². The highest BCUT2D eigenvalue weighted by atomic mass is 32.2. The third-order valence-electron chi connectivity index (χ3n) is 2.71. The Labute approximate surface area is 123 Å². The monoisotopic (exact) mass is 318 g/mol. The number of aryl methyl sites for hydroxylation is 1. The van der Waals surface area contributed by atoms with Gasteiger partial charge in [-0.2, -0.15) is 13.2 Å². The first-order chi connectivity index (χ1) is 9.82. The summed E-state index contributed by atoms with van der Waals surface area (Å²) in [6.45, 7) is 1.92. The van der Waals surface area contributed by atoms with Gasteiger partial charge in [-0.3, -0.25) is 0 Å². The topological polar surface area (TPSA) is 66.0 Å².